The highest BCUT2D eigenvalue weighted by Gasteiger charge is 2.16. The lowest BCUT2D eigenvalue weighted by Crippen LogP contribution is -2.11. The maximum absolute atomic E-state index is 13.3. The van der Waals surface area contributed by atoms with Gasteiger partial charge < -0.3 is 9.47 Å². The zero-order chi connectivity index (χ0) is 12.1. The van der Waals surface area contributed by atoms with Gasteiger partial charge in [-0.3, -0.25) is 9.59 Å². The number of Topliss-reactive ketones (excluding diaryl/α,β-unsaturated/α-hetero) is 1. The summed E-state index contributed by atoms with van der Waals surface area (Å²) in [4.78, 5) is 22.4. The van der Waals surface area contributed by atoms with Gasteiger partial charge in [0.05, 0.1) is 19.8 Å². The van der Waals surface area contributed by atoms with Crippen molar-refractivity contribution < 1.29 is 23.5 Å². The standard InChI is InChI=1S/C11H11FO4/c1-15-7-3-4-9(12)8(5-7)10(13)6-11(14)16-2/h3-5H,6H2,1-2H3. The van der Waals surface area contributed by atoms with Crippen molar-refractivity contribution in [2.75, 3.05) is 14.2 Å². The van der Waals surface area contributed by atoms with Gasteiger partial charge in [-0.2, -0.15) is 0 Å². The van der Waals surface area contributed by atoms with Gasteiger partial charge >= 0.3 is 5.97 Å². The highest BCUT2D eigenvalue weighted by molar-refractivity contribution is 6.06. The fourth-order valence-electron chi connectivity index (χ4n) is 1.14. The Bertz CT molecular complexity index is 414. The summed E-state index contributed by atoms with van der Waals surface area (Å²) in [5, 5.41) is 0. The number of hydrogen-bond donors (Lipinski definition) is 0. The summed E-state index contributed by atoms with van der Waals surface area (Å²) in [5.74, 6) is -1.67. The third kappa shape index (κ3) is 2.79. The summed E-state index contributed by atoms with van der Waals surface area (Å²) in [6.07, 6.45) is -0.486. The zero-order valence-electron chi connectivity index (χ0n) is 8.95. The number of hydrogen-bond acceptors (Lipinski definition) is 4. The molecule has 0 spiro atoms. The van der Waals surface area contributed by atoms with E-state index in [4.69, 9.17) is 4.74 Å². The average molecular weight is 226 g/mol. The van der Waals surface area contributed by atoms with Gasteiger partial charge in [0.1, 0.15) is 18.0 Å². The van der Waals surface area contributed by atoms with E-state index in [9.17, 15) is 14.0 Å². The van der Waals surface area contributed by atoms with Crippen LogP contribution in [0.5, 0.6) is 5.75 Å². The Hall–Kier alpha value is -1.91. The number of methoxy groups -OCH3 is 2. The Morgan fingerprint density at radius 2 is 2.00 bits per heavy atom. The maximum atomic E-state index is 13.3. The zero-order valence-corrected chi connectivity index (χ0v) is 8.95. The molecule has 0 fully saturated rings. The Labute approximate surface area is 92.0 Å². The molecular formula is C11H11FO4. The van der Waals surface area contributed by atoms with Crippen molar-refractivity contribution >= 4 is 11.8 Å². The van der Waals surface area contributed by atoms with Crippen LogP contribution in [0.1, 0.15) is 16.8 Å². The van der Waals surface area contributed by atoms with Crippen molar-refractivity contribution in [2.24, 2.45) is 0 Å². The number of rotatable bonds is 4. The van der Waals surface area contributed by atoms with Crippen LogP contribution in [0.4, 0.5) is 4.39 Å². The third-order valence-corrected chi connectivity index (χ3v) is 2.01. The average Bonchev–Trinajstić information content (AvgIpc) is 2.29. The van der Waals surface area contributed by atoms with Crippen LogP contribution < -0.4 is 4.74 Å². The van der Waals surface area contributed by atoms with Crippen LogP contribution in [0, 0.1) is 5.82 Å². The Kier molecular flexibility index (Phi) is 3.99. The normalized spacial score (nSPS) is 9.69. The van der Waals surface area contributed by atoms with Crippen molar-refractivity contribution in [1.29, 1.82) is 0 Å². The number of benzene rings is 1. The lowest BCUT2D eigenvalue weighted by Gasteiger charge is -2.04. The molecule has 5 heteroatoms. The first kappa shape index (κ1) is 12.2. The van der Waals surface area contributed by atoms with E-state index in [0.29, 0.717) is 5.75 Å². The molecule has 0 saturated carbocycles. The summed E-state index contributed by atoms with van der Waals surface area (Å²) < 4.78 is 22.5. The molecule has 1 aromatic carbocycles. The van der Waals surface area contributed by atoms with E-state index in [0.717, 1.165) is 13.2 Å². The van der Waals surface area contributed by atoms with Crippen LogP contribution in [0.25, 0.3) is 0 Å². The molecule has 0 N–H and O–H groups in total. The van der Waals surface area contributed by atoms with Gasteiger partial charge in [-0.25, -0.2) is 4.39 Å². The van der Waals surface area contributed by atoms with Crippen LogP contribution in [0.2, 0.25) is 0 Å². The van der Waals surface area contributed by atoms with Gasteiger partial charge in [0.15, 0.2) is 5.78 Å². The van der Waals surface area contributed by atoms with Crippen LogP contribution in [0.15, 0.2) is 18.2 Å². The van der Waals surface area contributed by atoms with Crippen molar-refractivity contribution in [3.8, 4) is 5.75 Å². The van der Waals surface area contributed by atoms with Crippen molar-refractivity contribution in [2.45, 2.75) is 6.42 Å². The van der Waals surface area contributed by atoms with Crippen LogP contribution in [-0.2, 0) is 9.53 Å². The molecule has 86 valence electrons. The Morgan fingerprint density at radius 1 is 1.31 bits per heavy atom. The second-order valence-corrected chi connectivity index (χ2v) is 3.02. The summed E-state index contributed by atoms with van der Waals surface area (Å²) >= 11 is 0. The first-order valence-corrected chi connectivity index (χ1v) is 4.52. The minimum Gasteiger partial charge on any atom is -0.497 e. The molecule has 16 heavy (non-hydrogen) atoms. The first-order chi connectivity index (χ1) is 7.58. The van der Waals surface area contributed by atoms with Crippen molar-refractivity contribution in [3.05, 3.63) is 29.6 Å². The molecule has 0 radical (unpaired) electrons. The van der Waals surface area contributed by atoms with E-state index < -0.39 is 24.0 Å². The maximum Gasteiger partial charge on any atom is 0.313 e. The molecule has 0 bridgehead atoms. The number of ether oxygens (including phenoxy) is 2. The fourth-order valence-corrected chi connectivity index (χ4v) is 1.14. The molecule has 0 atom stereocenters. The number of esters is 1. The van der Waals surface area contributed by atoms with E-state index in [1.807, 2.05) is 0 Å². The third-order valence-electron chi connectivity index (χ3n) is 2.01. The number of carbonyl (C=O) groups excluding carboxylic acids is 2. The molecule has 0 unspecified atom stereocenters. The summed E-state index contributed by atoms with van der Waals surface area (Å²) in [6, 6.07) is 3.76. The minimum atomic E-state index is -0.702. The molecule has 1 rings (SSSR count). The molecule has 4 nitrogen and oxygen atoms in total. The smallest absolute Gasteiger partial charge is 0.313 e. The first-order valence-electron chi connectivity index (χ1n) is 4.52. The van der Waals surface area contributed by atoms with Gasteiger partial charge in [0, 0.05) is 0 Å². The predicted octanol–water partition coefficient (Wildman–Crippen LogP) is 1.58. The lowest BCUT2D eigenvalue weighted by molar-refractivity contribution is -0.139. The summed E-state index contributed by atoms with van der Waals surface area (Å²) in [5.41, 5.74) is -0.176. The Balaban J connectivity index is 2.93. The Morgan fingerprint density at radius 3 is 2.56 bits per heavy atom. The molecule has 0 heterocycles. The summed E-state index contributed by atoms with van der Waals surface area (Å²) in [7, 11) is 2.57. The minimum absolute atomic E-state index is 0.176. The molecule has 0 amide bonds. The fraction of sp³-hybridized carbons (Fsp3) is 0.273. The molecular weight excluding hydrogens is 215 g/mol. The topological polar surface area (TPSA) is 52.6 Å². The quantitative estimate of drug-likeness (QED) is 0.444. The van der Waals surface area contributed by atoms with E-state index >= 15 is 0 Å². The van der Waals surface area contributed by atoms with Gasteiger partial charge in [-0.1, -0.05) is 0 Å². The molecule has 0 aliphatic carbocycles. The molecule has 1 aromatic rings. The van der Waals surface area contributed by atoms with E-state index in [1.54, 1.807) is 0 Å². The largest absolute Gasteiger partial charge is 0.497 e. The second kappa shape index (κ2) is 5.25. The van der Waals surface area contributed by atoms with Crippen molar-refractivity contribution in [1.82, 2.24) is 0 Å². The van der Waals surface area contributed by atoms with E-state index in [1.165, 1.54) is 19.2 Å². The van der Waals surface area contributed by atoms with Gasteiger partial charge in [-0.05, 0) is 18.2 Å². The predicted molar refractivity (Wildman–Crippen MR) is 53.9 cm³/mol. The molecule has 0 saturated heterocycles. The van der Waals surface area contributed by atoms with Crippen LogP contribution in [-0.4, -0.2) is 26.0 Å². The SMILES string of the molecule is COC(=O)CC(=O)c1cc(OC)ccc1F. The van der Waals surface area contributed by atoms with Crippen LogP contribution in [0.3, 0.4) is 0 Å². The number of halogens is 1. The molecule has 0 aromatic heterocycles. The number of carbonyl (C=O) groups is 2. The molecule has 0 aliphatic heterocycles. The van der Waals surface area contributed by atoms with Gasteiger partial charge in [0.25, 0.3) is 0 Å². The van der Waals surface area contributed by atoms with E-state index in [-0.39, 0.29) is 5.56 Å². The van der Waals surface area contributed by atoms with Crippen LogP contribution >= 0.6 is 0 Å². The monoisotopic (exact) mass is 226 g/mol. The second-order valence-electron chi connectivity index (χ2n) is 3.02. The number of ketones is 1. The highest BCUT2D eigenvalue weighted by Crippen LogP contribution is 2.18. The van der Waals surface area contributed by atoms with Gasteiger partial charge in [0.2, 0.25) is 0 Å². The van der Waals surface area contributed by atoms with Crippen molar-refractivity contribution in [3.63, 3.8) is 0 Å². The van der Waals surface area contributed by atoms with E-state index in [2.05, 4.69) is 4.74 Å². The summed E-state index contributed by atoms with van der Waals surface area (Å²) in [6.45, 7) is 0. The highest BCUT2D eigenvalue weighted by atomic mass is 19.1. The lowest BCUT2D eigenvalue weighted by atomic mass is 10.1. The van der Waals surface area contributed by atoms with Gasteiger partial charge in [-0.15, -0.1) is 0 Å². The molecule has 0 aliphatic rings.